The number of aliphatic hydroxyl groups excluding tert-OH is 1. The van der Waals surface area contributed by atoms with E-state index >= 15 is 0 Å². The maximum atomic E-state index is 8.84. The van der Waals surface area contributed by atoms with Crippen LogP contribution in [-0.4, -0.2) is 24.3 Å². The molecule has 0 spiro atoms. The number of rotatable bonds is 7. The Balaban J connectivity index is 2.67. The van der Waals surface area contributed by atoms with Gasteiger partial charge < -0.3 is 16.2 Å². The van der Waals surface area contributed by atoms with E-state index in [2.05, 4.69) is 44.3 Å². The first-order valence-corrected chi connectivity index (χ1v) is 6.72. The number of hydrogen-bond donors (Lipinski definition) is 3. The fraction of sp³-hybridized carbons (Fsp3) is 0.600. The maximum Gasteiger partial charge on any atom is 0.0446 e. The minimum absolute atomic E-state index is 0.193. The van der Waals surface area contributed by atoms with Gasteiger partial charge >= 0.3 is 0 Å². The first-order chi connectivity index (χ1) is 8.58. The third-order valence-electron chi connectivity index (χ3n) is 3.45. The lowest BCUT2D eigenvalue weighted by Crippen LogP contribution is -2.35. The normalized spacial score (nSPS) is 14.5. The minimum Gasteiger partial charge on any atom is -0.396 e. The van der Waals surface area contributed by atoms with E-state index in [9.17, 15) is 0 Å². The molecular weight excluding hydrogens is 224 g/mol. The van der Waals surface area contributed by atoms with Gasteiger partial charge in [-0.05, 0) is 50.3 Å². The van der Waals surface area contributed by atoms with E-state index in [-0.39, 0.29) is 12.6 Å². The molecule has 102 valence electrons. The van der Waals surface area contributed by atoms with Crippen molar-refractivity contribution >= 4 is 0 Å². The van der Waals surface area contributed by atoms with Crippen molar-refractivity contribution in [2.24, 2.45) is 5.73 Å². The zero-order valence-electron chi connectivity index (χ0n) is 11.7. The Morgan fingerprint density at radius 3 is 2.56 bits per heavy atom. The third-order valence-corrected chi connectivity index (χ3v) is 3.45. The van der Waals surface area contributed by atoms with Crippen LogP contribution >= 0.6 is 0 Å². The van der Waals surface area contributed by atoms with Gasteiger partial charge in [-0.1, -0.05) is 18.2 Å². The van der Waals surface area contributed by atoms with E-state index in [1.165, 1.54) is 16.7 Å². The summed E-state index contributed by atoms with van der Waals surface area (Å²) in [4.78, 5) is 0. The molecule has 0 aliphatic heterocycles. The van der Waals surface area contributed by atoms with E-state index in [0.717, 1.165) is 12.8 Å². The summed E-state index contributed by atoms with van der Waals surface area (Å²) in [6, 6.07) is 7.06. The van der Waals surface area contributed by atoms with Crippen LogP contribution in [-0.2, 0) is 0 Å². The second kappa shape index (κ2) is 7.52. The lowest BCUT2D eigenvalue weighted by atomic mass is 10.00. The summed E-state index contributed by atoms with van der Waals surface area (Å²) in [7, 11) is 0. The number of aliphatic hydroxyl groups is 1. The highest BCUT2D eigenvalue weighted by Gasteiger charge is 2.13. The summed E-state index contributed by atoms with van der Waals surface area (Å²) < 4.78 is 0. The van der Waals surface area contributed by atoms with Crippen molar-refractivity contribution in [3.8, 4) is 0 Å². The predicted octanol–water partition coefficient (Wildman–Crippen LogP) is 2.05. The molecule has 0 saturated carbocycles. The van der Waals surface area contributed by atoms with Crippen molar-refractivity contribution in [2.75, 3.05) is 13.2 Å². The predicted molar refractivity (Wildman–Crippen MR) is 76.6 cm³/mol. The van der Waals surface area contributed by atoms with E-state index in [4.69, 9.17) is 10.8 Å². The average Bonchev–Trinajstić information content (AvgIpc) is 2.37. The molecule has 0 aromatic heterocycles. The molecule has 0 saturated heterocycles. The lowest BCUT2D eigenvalue weighted by molar-refractivity contribution is 0.274. The first-order valence-electron chi connectivity index (χ1n) is 6.72. The Morgan fingerprint density at radius 2 is 2.00 bits per heavy atom. The molecule has 18 heavy (non-hydrogen) atoms. The standard InChI is InChI=1S/C15H26N2O/c1-11-6-7-14(9-12(11)2)15(10-16)17-13(3)5-4-8-18/h6-7,9,13,15,17-18H,4-5,8,10,16H2,1-3H3. The third kappa shape index (κ3) is 4.41. The van der Waals surface area contributed by atoms with E-state index in [1.54, 1.807) is 0 Å². The quantitative estimate of drug-likeness (QED) is 0.694. The highest BCUT2D eigenvalue weighted by Crippen LogP contribution is 2.17. The van der Waals surface area contributed by atoms with Gasteiger partial charge in [0.2, 0.25) is 0 Å². The highest BCUT2D eigenvalue weighted by molar-refractivity contribution is 5.31. The number of benzene rings is 1. The van der Waals surface area contributed by atoms with Crippen molar-refractivity contribution in [3.05, 3.63) is 34.9 Å². The molecule has 0 heterocycles. The minimum atomic E-state index is 0.193. The van der Waals surface area contributed by atoms with Crippen LogP contribution in [0.25, 0.3) is 0 Å². The van der Waals surface area contributed by atoms with Crippen molar-refractivity contribution in [3.63, 3.8) is 0 Å². The molecule has 3 nitrogen and oxygen atoms in total. The van der Waals surface area contributed by atoms with Crippen LogP contribution in [0.15, 0.2) is 18.2 Å². The van der Waals surface area contributed by atoms with Crippen molar-refractivity contribution in [1.82, 2.24) is 5.32 Å². The molecule has 1 rings (SSSR count). The largest absolute Gasteiger partial charge is 0.396 e. The second-order valence-electron chi connectivity index (χ2n) is 5.07. The van der Waals surface area contributed by atoms with Crippen LogP contribution in [0.4, 0.5) is 0 Å². The Kier molecular flexibility index (Phi) is 6.33. The summed E-state index contributed by atoms with van der Waals surface area (Å²) in [5, 5.41) is 12.4. The van der Waals surface area contributed by atoms with E-state index < -0.39 is 0 Å². The molecule has 4 N–H and O–H groups in total. The van der Waals surface area contributed by atoms with Gasteiger partial charge in [0.05, 0.1) is 0 Å². The van der Waals surface area contributed by atoms with Crippen LogP contribution in [0.3, 0.4) is 0 Å². The highest BCUT2D eigenvalue weighted by atomic mass is 16.2. The first kappa shape index (κ1) is 15.2. The Hall–Kier alpha value is -0.900. The van der Waals surface area contributed by atoms with Gasteiger partial charge in [0.15, 0.2) is 0 Å². The molecule has 2 unspecified atom stereocenters. The van der Waals surface area contributed by atoms with Gasteiger partial charge in [0, 0.05) is 25.2 Å². The summed E-state index contributed by atoms with van der Waals surface area (Å²) in [5.41, 5.74) is 9.71. The number of nitrogens with one attached hydrogen (secondary N) is 1. The van der Waals surface area contributed by atoms with Crippen LogP contribution in [0.1, 0.15) is 42.5 Å². The molecule has 0 aliphatic carbocycles. The van der Waals surface area contributed by atoms with Crippen LogP contribution < -0.4 is 11.1 Å². The van der Waals surface area contributed by atoms with Gasteiger partial charge in [-0.25, -0.2) is 0 Å². The summed E-state index contributed by atoms with van der Waals surface area (Å²) in [6.07, 6.45) is 1.80. The number of aryl methyl sites for hydroxylation is 2. The molecule has 3 heteroatoms. The fourth-order valence-corrected chi connectivity index (χ4v) is 2.11. The molecule has 0 bridgehead atoms. The van der Waals surface area contributed by atoms with E-state index in [0.29, 0.717) is 12.6 Å². The zero-order valence-corrected chi connectivity index (χ0v) is 11.7. The molecule has 1 aromatic carbocycles. The van der Waals surface area contributed by atoms with Gasteiger partial charge in [-0.2, -0.15) is 0 Å². The van der Waals surface area contributed by atoms with Crippen molar-refractivity contribution in [1.29, 1.82) is 0 Å². The van der Waals surface area contributed by atoms with Crippen molar-refractivity contribution < 1.29 is 5.11 Å². The van der Waals surface area contributed by atoms with Crippen LogP contribution in [0.2, 0.25) is 0 Å². The summed E-state index contributed by atoms with van der Waals surface area (Å²) >= 11 is 0. The van der Waals surface area contributed by atoms with Gasteiger partial charge in [-0.15, -0.1) is 0 Å². The molecule has 0 fully saturated rings. The fourth-order valence-electron chi connectivity index (χ4n) is 2.11. The molecule has 1 aromatic rings. The second-order valence-corrected chi connectivity index (χ2v) is 5.07. The molecule has 0 radical (unpaired) electrons. The number of nitrogens with two attached hydrogens (primary N) is 1. The monoisotopic (exact) mass is 250 g/mol. The molecule has 2 atom stereocenters. The smallest absolute Gasteiger partial charge is 0.0446 e. The Labute approximate surface area is 110 Å². The van der Waals surface area contributed by atoms with E-state index in [1.807, 2.05) is 0 Å². The van der Waals surface area contributed by atoms with Gasteiger partial charge in [0.25, 0.3) is 0 Å². The zero-order chi connectivity index (χ0) is 13.5. The molecular formula is C15H26N2O. The molecule has 0 amide bonds. The van der Waals surface area contributed by atoms with Crippen LogP contribution in [0, 0.1) is 13.8 Å². The topological polar surface area (TPSA) is 58.3 Å². The maximum absolute atomic E-state index is 8.84. The lowest BCUT2D eigenvalue weighted by Gasteiger charge is -2.23. The van der Waals surface area contributed by atoms with Crippen LogP contribution in [0.5, 0.6) is 0 Å². The van der Waals surface area contributed by atoms with Crippen molar-refractivity contribution in [2.45, 2.75) is 45.7 Å². The summed E-state index contributed by atoms with van der Waals surface area (Å²) in [5.74, 6) is 0. The summed E-state index contributed by atoms with van der Waals surface area (Å²) in [6.45, 7) is 7.23. The SMILES string of the molecule is Cc1ccc(C(CN)NC(C)CCCO)cc1C. The van der Waals surface area contributed by atoms with Gasteiger partial charge in [0.1, 0.15) is 0 Å². The average molecular weight is 250 g/mol. The molecule has 0 aliphatic rings. The number of hydrogen-bond acceptors (Lipinski definition) is 3. The Morgan fingerprint density at radius 1 is 1.28 bits per heavy atom. The van der Waals surface area contributed by atoms with Gasteiger partial charge in [-0.3, -0.25) is 0 Å². The Bertz CT molecular complexity index is 366.